The van der Waals surface area contributed by atoms with Gasteiger partial charge in [0.2, 0.25) is 0 Å². The van der Waals surface area contributed by atoms with Crippen molar-refractivity contribution in [1.29, 1.82) is 5.26 Å². The van der Waals surface area contributed by atoms with Crippen LogP contribution in [0.3, 0.4) is 0 Å². The molecule has 0 spiro atoms. The number of ketones is 1. The summed E-state index contributed by atoms with van der Waals surface area (Å²) in [6, 6.07) is 7.75. The summed E-state index contributed by atoms with van der Waals surface area (Å²) >= 11 is 0. The Hall–Kier alpha value is -1.95. The van der Waals surface area contributed by atoms with Crippen molar-refractivity contribution in [1.82, 2.24) is 4.98 Å². The predicted octanol–water partition coefficient (Wildman–Crippen LogP) is 2.79. The third-order valence-corrected chi connectivity index (χ3v) is 3.50. The van der Waals surface area contributed by atoms with Crippen LogP contribution < -0.4 is 0 Å². The summed E-state index contributed by atoms with van der Waals surface area (Å²) in [4.78, 5) is 16.5. The fourth-order valence-corrected chi connectivity index (χ4v) is 2.75. The minimum absolute atomic E-state index is 0.0709. The Morgan fingerprint density at radius 1 is 1.33 bits per heavy atom. The Labute approximate surface area is 107 Å². The number of hydrogen-bond donors (Lipinski definition) is 0. The molecule has 0 aromatic carbocycles. The van der Waals surface area contributed by atoms with E-state index in [2.05, 4.69) is 4.98 Å². The van der Waals surface area contributed by atoms with Gasteiger partial charge in [0.05, 0.1) is 11.3 Å². The smallest absolute Gasteiger partial charge is 0.178 e. The summed E-state index contributed by atoms with van der Waals surface area (Å²) in [6.45, 7) is 5.81. The maximum atomic E-state index is 12.1. The third kappa shape index (κ3) is 1.95. The van der Waals surface area contributed by atoms with Gasteiger partial charge in [-0.15, -0.1) is 0 Å². The van der Waals surface area contributed by atoms with E-state index in [4.69, 9.17) is 5.26 Å². The maximum Gasteiger partial charge on any atom is 0.178 e. The molecule has 0 fully saturated rings. The van der Waals surface area contributed by atoms with Crippen molar-refractivity contribution in [3.63, 3.8) is 0 Å². The van der Waals surface area contributed by atoms with Crippen molar-refractivity contribution in [3.05, 3.63) is 41.7 Å². The van der Waals surface area contributed by atoms with E-state index >= 15 is 0 Å². The van der Waals surface area contributed by atoms with Crippen LogP contribution in [0.5, 0.6) is 0 Å². The average molecular weight is 240 g/mol. The molecule has 1 aromatic rings. The molecule has 0 saturated carbocycles. The fraction of sp³-hybridized carbons (Fsp3) is 0.400. The number of nitriles is 1. The SMILES string of the molecule is CC1(C)CC(C)(c2ccccn2)C=C(C#N)C1=O. The first-order valence-electron chi connectivity index (χ1n) is 5.98. The number of rotatable bonds is 1. The van der Waals surface area contributed by atoms with Crippen LogP contribution in [-0.4, -0.2) is 10.8 Å². The fourth-order valence-electron chi connectivity index (χ4n) is 2.75. The highest BCUT2D eigenvalue weighted by Crippen LogP contribution is 2.43. The quantitative estimate of drug-likeness (QED) is 0.758. The molecule has 0 aliphatic heterocycles. The highest BCUT2D eigenvalue weighted by molar-refractivity contribution is 6.04. The molecular weight excluding hydrogens is 224 g/mol. The molecule has 0 N–H and O–H groups in total. The number of carbonyl (C=O) groups is 1. The minimum atomic E-state index is -0.522. The molecule has 1 atom stereocenters. The molecular formula is C15H16N2O. The van der Waals surface area contributed by atoms with Gasteiger partial charge in [0.15, 0.2) is 5.78 Å². The summed E-state index contributed by atoms with van der Waals surface area (Å²) in [7, 11) is 0. The van der Waals surface area contributed by atoms with Crippen molar-refractivity contribution in [2.75, 3.05) is 0 Å². The Kier molecular flexibility index (Phi) is 2.82. The Morgan fingerprint density at radius 2 is 2.06 bits per heavy atom. The molecule has 1 aliphatic carbocycles. The topological polar surface area (TPSA) is 53.8 Å². The number of allylic oxidation sites excluding steroid dienone is 2. The highest BCUT2D eigenvalue weighted by atomic mass is 16.1. The van der Waals surface area contributed by atoms with E-state index in [1.807, 2.05) is 45.0 Å². The molecule has 1 heterocycles. The Balaban J connectivity index is 2.56. The molecule has 0 saturated heterocycles. The van der Waals surface area contributed by atoms with Crippen LogP contribution in [0, 0.1) is 16.7 Å². The normalized spacial score (nSPS) is 26.3. The standard InChI is InChI=1S/C15H16N2O/c1-14(2)10-15(3,8-11(9-16)13(14)18)12-6-4-5-7-17-12/h4-8H,10H2,1-3H3. The number of Topliss-reactive ketones (excluding diaryl/α,β-unsaturated/α-hetero) is 1. The molecule has 1 aliphatic rings. The summed E-state index contributed by atoms with van der Waals surface area (Å²) in [5.41, 5.74) is 0.272. The van der Waals surface area contributed by atoms with Gasteiger partial charge >= 0.3 is 0 Å². The van der Waals surface area contributed by atoms with Crippen LogP contribution in [0.1, 0.15) is 32.9 Å². The lowest BCUT2D eigenvalue weighted by Crippen LogP contribution is -2.39. The molecule has 18 heavy (non-hydrogen) atoms. The molecule has 0 amide bonds. The number of hydrogen-bond acceptors (Lipinski definition) is 3. The molecule has 3 heteroatoms. The van der Waals surface area contributed by atoms with Crippen molar-refractivity contribution in [3.8, 4) is 6.07 Å². The number of carbonyl (C=O) groups excluding carboxylic acids is 1. The molecule has 1 aromatic heterocycles. The van der Waals surface area contributed by atoms with Gasteiger partial charge in [-0.25, -0.2) is 0 Å². The largest absolute Gasteiger partial charge is 0.293 e. The number of pyridine rings is 1. The van der Waals surface area contributed by atoms with Crippen molar-refractivity contribution >= 4 is 5.78 Å². The van der Waals surface area contributed by atoms with Crippen molar-refractivity contribution in [2.45, 2.75) is 32.6 Å². The molecule has 1 unspecified atom stereocenters. The lowest BCUT2D eigenvalue weighted by Gasteiger charge is -2.38. The number of aromatic nitrogens is 1. The lowest BCUT2D eigenvalue weighted by molar-refractivity contribution is -0.124. The van der Waals surface area contributed by atoms with E-state index in [-0.39, 0.29) is 16.8 Å². The van der Waals surface area contributed by atoms with Gasteiger partial charge < -0.3 is 0 Å². The first-order chi connectivity index (χ1) is 8.39. The van der Waals surface area contributed by atoms with E-state index in [1.54, 1.807) is 12.3 Å². The van der Waals surface area contributed by atoms with Crippen LogP contribution in [0.25, 0.3) is 0 Å². The summed E-state index contributed by atoms with van der Waals surface area (Å²) in [5.74, 6) is -0.0709. The van der Waals surface area contributed by atoms with Crippen LogP contribution in [0.4, 0.5) is 0 Å². The highest BCUT2D eigenvalue weighted by Gasteiger charge is 2.43. The summed E-state index contributed by atoms with van der Waals surface area (Å²) in [6.07, 6.45) is 4.17. The van der Waals surface area contributed by atoms with Crippen LogP contribution in [0.15, 0.2) is 36.0 Å². The van der Waals surface area contributed by atoms with Crippen molar-refractivity contribution in [2.24, 2.45) is 5.41 Å². The van der Waals surface area contributed by atoms with Gasteiger partial charge in [0, 0.05) is 17.0 Å². The van der Waals surface area contributed by atoms with E-state index in [0.29, 0.717) is 6.42 Å². The van der Waals surface area contributed by atoms with Gasteiger partial charge in [-0.2, -0.15) is 5.26 Å². The first-order valence-corrected chi connectivity index (χ1v) is 5.98. The predicted molar refractivity (Wildman–Crippen MR) is 68.7 cm³/mol. The monoisotopic (exact) mass is 240 g/mol. The second kappa shape index (κ2) is 4.06. The molecule has 2 rings (SSSR count). The Bertz CT molecular complexity index is 552. The molecule has 3 nitrogen and oxygen atoms in total. The summed E-state index contributed by atoms with van der Waals surface area (Å²) in [5, 5.41) is 9.11. The molecule has 92 valence electrons. The molecule has 0 radical (unpaired) electrons. The minimum Gasteiger partial charge on any atom is -0.293 e. The van der Waals surface area contributed by atoms with Crippen LogP contribution >= 0.6 is 0 Å². The zero-order valence-electron chi connectivity index (χ0n) is 10.9. The second-order valence-corrected chi connectivity index (χ2v) is 5.69. The van der Waals surface area contributed by atoms with Gasteiger partial charge in [-0.05, 0) is 18.6 Å². The zero-order valence-corrected chi connectivity index (χ0v) is 10.9. The third-order valence-electron chi connectivity index (χ3n) is 3.50. The second-order valence-electron chi connectivity index (χ2n) is 5.69. The van der Waals surface area contributed by atoms with Crippen molar-refractivity contribution < 1.29 is 4.79 Å². The summed E-state index contributed by atoms with van der Waals surface area (Å²) < 4.78 is 0. The first kappa shape index (κ1) is 12.5. The van der Waals surface area contributed by atoms with E-state index in [9.17, 15) is 4.79 Å². The number of nitrogens with zero attached hydrogens (tertiary/aromatic N) is 2. The van der Waals surface area contributed by atoms with Gasteiger partial charge in [-0.3, -0.25) is 9.78 Å². The average Bonchev–Trinajstić information content (AvgIpc) is 2.34. The van der Waals surface area contributed by atoms with Gasteiger partial charge in [0.25, 0.3) is 0 Å². The van der Waals surface area contributed by atoms with Crippen LogP contribution in [0.2, 0.25) is 0 Å². The Morgan fingerprint density at radius 3 is 2.61 bits per heavy atom. The lowest BCUT2D eigenvalue weighted by atomic mass is 9.64. The van der Waals surface area contributed by atoms with E-state index < -0.39 is 5.41 Å². The van der Waals surface area contributed by atoms with Gasteiger partial charge in [0.1, 0.15) is 6.07 Å². The van der Waals surface area contributed by atoms with E-state index in [0.717, 1.165) is 5.69 Å². The maximum absolute atomic E-state index is 12.1. The zero-order chi connectivity index (χ0) is 13.4. The molecule has 0 bridgehead atoms. The van der Waals surface area contributed by atoms with E-state index in [1.165, 1.54) is 0 Å². The van der Waals surface area contributed by atoms with Gasteiger partial charge in [-0.1, -0.05) is 32.9 Å². The van der Waals surface area contributed by atoms with Crippen LogP contribution in [-0.2, 0) is 10.2 Å².